The van der Waals surface area contributed by atoms with Crippen LogP contribution < -0.4 is 0 Å². The van der Waals surface area contributed by atoms with Gasteiger partial charge in [0.25, 0.3) is 0 Å². The van der Waals surface area contributed by atoms with Crippen LogP contribution in [0, 0.1) is 11.2 Å². The highest BCUT2D eigenvalue weighted by atomic mass is 79.9. The first kappa shape index (κ1) is 13.2. The molecule has 1 aromatic carbocycles. The minimum atomic E-state index is -0.915. The number of carboxylic acids is 1. The summed E-state index contributed by atoms with van der Waals surface area (Å²) < 4.78 is 14.2. The summed E-state index contributed by atoms with van der Waals surface area (Å²) in [5, 5.41) is 9.12. The number of hydrogen-bond donors (Lipinski definition) is 1. The Morgan fingerprint density at radius 1 is 1.56 bits per heavy atom. The molecule has 0 aliphatic heterocycles. The van der Waals surface area contributed by atoms with Gasteiger partial charge in [0.1, 0.15) is 5.82 Å². The van der Waals surface area contributed by atoms with Crippen molar-refractivity contribution in [1.29, 1.82) is 0 Å². The monoisotopic (exact) mass is 288 g/mol. The second-order valence-corrected chi connectivity index (χ2v) is 5.05. The van der Waals surface area contributed by atoms with Gasteiger partial charge >= 0.3 is 5.97 Å². The van der Waals surface area contributed by atoms with Crippen molar-refractivity contribution in [1.82, 2.24) is 0 Å². The smallest absolute Gasteiger partial charge is 0.309 e. The normalized spacial score (nSPS) is 14.5. The minimum Gasteiger partial charge on any atom is -0.481 e. The molecule has 0 spiro atoms. The number of carboxylic acid groups (broad SMARTS) is 1. The molecule has 0 heterocycles. The Kier molecular flexibility index (Phi) is 4.08. The molecular formula is C12H14BrFO2. The van der Waals surface area contributed by atoms with Crippen LogP contribution in [0.4, 0.5) is 4.39 Å². The van der Waals surface area contributed by atoms with Crippen molar-refractivity contribution < 1.29 is 14.3 Å². The van der Waals surface area contributed by atoms with E-state index in [4.69, 9.17) is 5.11 Å². The Hall–Kier alpha value is -0.900. The third-order valence-electron chi connectivity index (χ3n) is 2.89. The highest BCUT2D eigenvalue weighted by Crippen LogP contribution is 2.29. The van der Waals surface area contributed by atoms with E-state index in [1.807, 2.05) is 0 Å². The van der Waals surface area contributed by atoms with Crippen LogP contribution in [-0.2, 0) is 11.2 Å². The van der Waals surface area contributed by atoms with Crippen molar-refractivity contribution in [3.63, 3.8) is 0 Å². The van der Waals surface area contributed by atoms with Crippen LogP contribution in [0.15, 0.2) is 22.7 Å². The zero-order valence-electron chi connectivity index (χ0n) is 9.26. The van der Waals surface area contributed by atoms with E-state index in [2.05, 4.69) is 15.9 Å². The molecule has 2 nitrogen and oxygen atoms in total. The second-order valence-electron chi connectivity index (χ2n) is 4.13. The van der Waals surface area contributed by atoms with E-state index >= 15 is 0 Å². The first-order chi connectivity index (χ1) is 7.39. The van der Waals surface area contributed by atoms with Crippen LogP contribution in [0.1, 0.15) is 25.8 Å². The van der Waals surface area contributed by atoms with Gasteiger partial charge in [-0.1, -0.05) is 22.9 Å². The van der Waals surface area contributed by atoms with Gasteiger partial charge in [-0.2, -0.15) is 0 Å². The Balaban J connectivity index is 3.03. The van der Waals surface area contributed by atoms with Gasteiger partial charge in [0.05, 0.1) is 5.41 Å². The van der Waals surface area contributed by atoms with E-state index in [-0.39, 0.29) is 12.2 Å². The van der Waals surface area contributed by atoms with Gasteiger partial charge < -0.3 is 5.11 Å². The van der Waals surface area contributed by atoms with Gasteiger partial charge in [0.15, 0.2) is 0 Å². The van der Waals surface area contributed by atoms with Gasteiger partial charge in [-0.15, -0.1) is 0 Å². The molecule has 0 aromatic heterocycles. The fraction of sp³-hybridized carbons (Fsp3) is 0.417. The Morgan fingerprint density at radius 3 is 2.69 bits per heavy atom. The lowest BCUT2D eigenvalue weighted by atomic mass is 9.81. The molecule has 1 atom stereocenters. The van der Waals surface area contributed by atoms with Crippen molar-refractivity contribution in [3.05, 3.63) is 34.1 Å². The molecule has 0 saturated carbocycles. The lowest BCUT2D eigenvalue weighted by molar-refractivity contribution is -0.148. The highest BCUT2D eigenvalue weighted by Gasteiger charge is 2.32. The number of hydrogen-bond acceptors (Lipinski definition) is 1. The fourth-order valence-electron chi connectivity index (χ4n) is 1.45. The summed E-state index contributed by atoms with van der Waals surface area (Å²) in [4.78, 5) is 11.1. The van der Waals surface area contributed by atoms with Gasteiger partial charge in [-0.3, -0.25) is 4.79 Å². The summed E-state index contributed by atoms with van der Waals surface area (Å²) >= 11 is 3.25. The van der Waals surface area contributed by atoms with E-state index in [0.717, 1.165) is 4.47 Å². The number of aliphatic carboxylic acids is 1. The number of carbonyl (C=O) groups is 1. The van der Waals surface area contributed by atoms with Crippen LogP contribution in [-0.4, -0.2) is 11.1 Å². The van der Waals surface area contributed by atoms with Crippen LogP contribution in [0.2, 0.25) is 0 Å². The summed E-state index contributed by atoms with van der Waals surface area (Å²) in [6.07, 6.45) is 0.665. The van der Waals surface area contributed by atoms with Crippen LogP contribution in [0.25, 0.3) is 0 Å². The quantitative estimate of drug-likeness (QED) is 0.919. The Labute approximate surface area is 103 Å². The fourth-order valence-corrected chi connectivity index (χ4v) is 1.86. The molecule has 4 heteroatoms. The summed E-state index contributed by atoms with van der Waals surface area (Å²) in [5.41, 5.74) is -0.483. The van der Waals surface area contributed by atoms with E-state index in [9.17, 15) is 9.18 Å². The Bertz CT molecular complexity index is 406. The zero-order chi connectivity index (χ0) is 12.3. The van der Waals surface area contributed by atoms with E-state index in [1.54, 1.807) is 26.0 Å². The highest BCUT2D eigenvalue weighted by molar-refractivity contribution is 9.10. The van der Waals surface area contributed by atoms with Crippen molar-refractivity contribution in [2.75, 3.05) is 0 Å². The second kappa shape index (κ2) is 4.95. The lowest BCUT2D eigenvalue weighted by Gasteiger charge is -2.23. The average Bonchev–Trinajstić information content (AvgIpc) is 2.23. The lowest BCUT2D eigenvalue weighted by Crippen LogP contribution is -2.29. The average molecular weight is 289 g/mol. The molecule has 0 radical (unpaired) electrons. The third kappa shape index (κ3) is 2.82. The van der Waals surface area contributed by atoms with Crippen molar-refractivity contribution in [3.8, 4) is 0 Å². The largest absolute Gasteiger partial charge is 0.481 e. The number of rotatable bonds is 4. The van der Waals surface area contributed by atoms with Gasteiger partial charge in [0.2, 0.25) is 0 Å². The molecule has 16 heavy (non-hydrogen) atoms. The van der Waals surface area contributed by atoms with Crippen LogP contribution >= 0.6 is 15.9 Å². The van der Waals surface area contributed by atoms with E-state index in [1.165, 1.54) is 6.07 Å². The van der Waals surface area contributed by atoms with Crippen molar-refractivity contribution >= 4 is 21.9 Å². The molecule has 1 unspecified atom stereocenters. The predicted octanol–water partition coefficient (Wildman–Crippen LogP) is 3.63. The minimum absolute atomic E-state index is 0.199. The first-order valence-electron chi connectivity index (χ1n) is 5.06. The molecule has 0 fully saturated rings. The first-order valence-corrected chi connectivity index (χ1v) is 5.85. The standard InChI is InChI=1S/C12H14BrFO2/c1-3-12(2,11(15)16)7-8-6-9(13)4-5-10(8)14/h4-6H,3,7H2,1-2H3,(H,15,16). The molecule has 1 N–H and O–H groups in total. The maximum atomic E-state index is 13.5. The molecule has 1 rings (SSSR count). The molecule has 0 aliphatic carbocycles. The maximum Gasteiger partial charge on any atom is 0.309 e. The summed E-state index contributed by atoms with van der Waals surface area (Å²) in [7, 11) is 0. The molecule has 1 aromatic rings. The molecule has 0 amide bonds. The summed E-state index contributed by atoms with van der Waals surface area (Å²) in [6, 6.07) is 4.58. The molecule has 0 bridgehead atoms. The number of benzene rings is 1. The topological polar surface area (TPSA) is 37.3 Å². The zero-order valence-corrected chi connectivity index (χ0v) is 10.8. The van der Waals surface area contributed by atoms with Gasteiger partial charge in [0, 0.05) is 4.47 Å². The van der Waals surface area contributed by atoms with Gasteiger partial charge in [-0.25, -0.2) is 4.39 Å². The molecule has 0 aliphatic rings. The van der Waals surface area contributed by atoms with E-state index < -0.39 is 11.4 Å². The maximum absolute atomic E-state index is 13.5. The predicted molar refractivity (Wildman–Crippen MR) is 63.8 cm³/mol. The molecule has 0 saturated heterocycles. The summed E-state index contributed by atoms with van der Waals surface area (Å²) in [6.45, 7) is 3.43. The third-order valence-corrected chi connectivity index (χ3v) is 3.38. The Morgan fingerprint density at radius 2 is 2.19 bits per heavy atom. The summed E-state index contributed by atoms with van der Waals surface area (Å²) in [5.74, 6) is -1.25. The van der Waals surface area contributed by atoms with Crippen molar-refractivity contribution in [2.24, 2.45) is 5.41 Å². The van der Waals surface area contributed by atoms with Crippen LogP contribution in [0.5, 0.6) is 0 Å². The number of halogens is 2. The van der Waals surface area contributed by atoms with Crippen molar-refractivity contribution in [2.45, 2.75) is 26.7 Å². The molecular weight excluding hydrogens is 275 g/mol. The molecule has 88 valence electrons. The van der Waals surface area contributed by atoms with Gasteiger partial charge in [-0.05, 0) is 43.5 Å². The SMILES string of the molecule is CCC(C)(Cc1cc(Br)ccc1F)C(=O)O. The van der Waals surface area contributed by atoms with Crippen LogP contribution in [0.3, 0.4) is 0 Å². The van der Waals surface area contributed by atoms with E-state index in [0.29, 0.717) is 12.0 Å².